The van der Waals surface area contributed by atoms with Gasteiger partial charge in [0.1, 0.15) is 0 Å². The molecule has 1 saturated carbocycles. The van der Waals surface area contributed by atoms with E-state index in [1.165, 1.54) is 19.3 Å². The van der Waals surface area contributed by atoms with Crippen LogP contribution in [-0.4, -0.2) is 79.9 Å². The first-order chi connectivity index (χ1) is 13.1. The van der Waals surface area contributed by atoms with Crippen LogP contribution in [0.4, 0.5) is 5.95 Å². The molecular weight excluding hydrogens is 354 g/mol. The van der Waals surface area contributed by atoms with E-state index in [1.807, 2.05) is 32.7 Å². The second-order valence-corrected chi connectivity index (χ2v) is 9.39. The summed E-state index contributed by atoms with van der Waals surface area (Å²) in [4.78, 5) is 24.1. The van der Waals surface area contributed by atoms with E-state index in [4.69, 9.17) is 0 Å². The highest BCUT2D eigenvalue weighted by Crippen LogP contribution is 2.32. The maximum atomic E-state index is 13.1. The highest BCUT2D eigenvalue weighted by molar-refractivity contribution is 5.86. The molecule has 1 aromatic rings. The van der Waals surface area contributed by atoms with Crippen LogP contribution >= 0.6 is 0 Å². The predicted octanol–water partition coefficient (Wildman–Crippen LogP) is 2.05. The van der Waals surface area contributed by atoms with Crippen molar-refractivity contribution in [3.63, 3.8) is 0 Å². The Bertz CT molecular complexity index is 700. The van der Waals surface area contributed by atoms with Gasteiger partial charge in [-0.25, -0.2) is 0 Å². The zero-order valence-electron chi connectivity index (χ0n) is 18.3. The molecule has 2 fully saturated rings. The fourth-order valence-electron chi connectivity index (χ4n) is 4.62. The van der Waals surface area contributed by atoms with E-state index in [0.717, 1.165) is 25.9 Å². The number of amides is 1. The fraction of sp³-hybridized carbons (Fsp3) is 0.850. The Morgan fingerprint density at radius 3 is 2.43 bits per heavy atom. The van der Waals surface area contributed by atoms with Gasteiger partial charge in [-0.15, -0.1) is 5.10 Å². The van der Waals surface area contributed by atoms with Crippen LogP contribution in [-0.2, 0) is 4.79 Å². The molecule has 1 aliphatic heterocycles. The van der Waals surface area contributed by atoms with Crippen molar-refractivity contribution >= 4 is 11.9 Å². The van der Waals surface area contributed by atoms with E-state index in [9.17, 15) is 4.79 Å². The highest BCUT2D eigenvalue weighted by atomic mass is 16.2. The van der Waals surface area contributed by atoms with Crippen LogP contribution in [0.15, 0.2) is 0 Å². The molecule has 0 bridgehead atoms. The van der Waals surface area contributed by atoms with Crippen LogP contribution in [0.25, 0.3) is 0 Å². The summed E-state index contributed by atoms with van der Waals surface area (Å²) in [7, 11) is 2.04. The largest absolute Gasteiger partial charge is 0.337 e. The number of rotatable bonds is 5. The molecule has 1 aromatic heterocycles. The molecule has 8 nitrogen and oxygen atoms in total. The van der Waals surface area contributed by atoms with Gasteiger partial charge in [-0.3, -0.25) is 9.69 Å². The lowest BCUT2D eigenvalue weighted by molar-refractivity contribution is -0.157. The molecule has 0 radical (unpaired) electrons. The van der Waals surface area contributed by atoms with Gasteiger partial charge in [0, 0.05) is 31.2 Å². The summed E-state index contributed by atoms with van der Waals surface area (Å²) in [5.41, 5.74) is -0.582. The van der Waals surface area contributed by atoms with Crippen LogP contribution < -0.4 is 4.90 Å². The summed E-state index contributed by atoms with van der Waals surface area (Å²) < 4.78 is 0. The molecular formula is C20H35N7O. The summed E-state index contributed by atoms with van der Waals surface area (Å²) in [6.45, 7) is 12.4. The first-order valence-electron chi connectivity index (χ1n) is 10.5. The number of aromatic nitrogens is 4. The standard InChI is InChI=1S/C20H35N7O/c1-15-21-18(23-24-22-15)27(16-10-8-7-9-11-16)13-12-26-14-19(2,3)25(6)20(4,5)17(26)28/h16H,7-14H2,1-6H3. The summed E-state index contributed by atoms with van der Waals surface area (Å²) in [5.74, 6) is 1.45. The molecule has 2 heterocycles. The van der Waals surface area contributed by atoms with Gasteiger partial charge in [-0.1, -0.05) is 24.4 Å². The minimum atomic E-state index is -0.511. The van der Waals surface area contributed by atoms with Gasteiger partial charge < -0.3 is 9.80 Å². The van der Waals surface area contributed by atoms with Crippen molar-refractivity contribution in [2.75, 3.05) is 31.6 Å². The Balaban J connectivity index is 1.78. The average molecular weight is 390 g/mol. The van der Waals surface area contributed by atoms with Crippen LogP contribution in [0.2, 0.25) is 0 Å². The number of hydrogen-bond donors (Lipinski definition) is 0. The summed E-state index contributed by atoms with van der Waals surface area (Å²) in [6, 6.07) is 0.404. The molecule has 1 saturated heterocycles. The second kappa shape index (κ2) is 7.89. The quantitative estimate of drug-likeness (QED) is 0.762. The smallest absolute Gasteiger partial charge is 0.249 e. The van der Waals surface area contributed by atoms with Crippen molar-refractivity contribution in [2.24, 2.45) is 0 Å². The lowest BCUT2D eigenvalue weighted by Gasteiger charge is -2.54. The maximum absolute atomic E-state index is 13.1. The fourth-order valence-corrected chi connectivity index (χ4v) is 4.62. The van der Waals surface area contributed by atoms with E-state index in [1.54, 1.807) is 0 Å². The van der Waals surface area contributed by atoms with Crippen molar-refractivity contribution in [1.29, 1.82) is 0 Å². The lowest BCUT2D eigenvalue weighted by Crippen LogP contribution is -2.70. The van der Waals surface area contributed by atoms with Gasteiger partial charge >= 0.3 is 0 Å². The lowest BCUT2D eigenvalue weighted by atomic mass is 9.87. The topological polar surface area (TPSA) is 78.4 Å². The zero-order chi connectivity index (χ0) is 20.5. The maximum Gasteiger partial charge on any atom is 0.249 e. The molecule has 3 rings (SSSR count). The number of piperazine rings is 1. The van der Waals surface area contributed by atoms with Gasteiger partial charge in [0.2, 0.25) is 11.9 Å². The van der Waals surface area contributed by atoms with Crippen molar-refractivity contribution in [3.8, 4) is 0 Å². The average Bonchev–Trinajstić information content (AvgIpc) is 2.66. The van der Waals surface area contributed by atoms with Crippen LogP contribution in [0.3, 0.4) is 0 Å². The molecule has 1 amide bonds. The van der Waals surface area contributed by atoms with Gasteiger partial charge in [0.05, 0.1) is 5.54 Å². The molecule has 8 heteroatoms. The van der Waals surface area contributed by atoms with Crippen LogP contribution in [0.1, 0.15) is 65.6 Å². The molecule has 156 valence electrons. The van der Waals surface area contributed by atoms with Crippen LogP contribution in [0.5, 0.6) is 0 Å². The second-order valence-electron chi connectivity index (χ2n) is 9.39. The third-order valence-electron chi connectivity index (χ3n) is 6.60. The van der Waals surface area contributed by atoms with Crippen molar-refractivity contribution in [3.05, 3.63) is 5.82 Å². The van der Waals surface area contributed by atoms with E-state index < -0.39 is 5.54 Å². The highest BCUT2D eigenvalue weighted by Gasteiger charge is 2.48. The SMILES string of the molecule is Cc1nnnc(N(CCN2CC(C)(C)N(C)C(C)(C)C2=O)C2CCCCC2)n1. The van der Waals surface area contributed by atoms with E-state index in [-0.39, 0.29) is 11.4 Å². The Morgan fingerprint density at radius 1 is 1.11 bits per heavy atom. The third-order valence-corrected chi connectivity index (χ3v) is 6.60. The normalized spacial score (nSPS) is 23.1. The molecule has 0 atom stereocenters. The number of nitrogens with zero attached hydrogens (tertiary/aromatic N) is 7. The first-order valence-corrected chi connectivity index (χ1v) is 10.5. The Kier molecular flexibility index (Phi) is 5.89. The third kappa shape index (κ3) is 4.11. The van der Waals surface area contributed by atoms with Crippen molar-refractivity contribution in [2.45, 2.75) is 83.8 Å². The Morgan fingerprint density at radius 2 is 1.79 bits per heavy atom. The number of anilines is 1. The molecule has 0 spiro atoms. The van der Waals surface area contributed by atoms with Gasteiger partial charge in [-0.05, 0) is 59.7 Å². The predicted molar refractivity (Wildman–Crippen MR) is 109 cm³/mol. The summed E-state index contributed by atoms with van der Waals surface area (Å²) >= 11 is 0. The number of aryl methyl sites for hydroxylation is 1. The number of hydrogen-bond acceptors (Lipinski definition) is 7. The molecule has 28 heavy (non-hydrogen) atoms. The Labute approximate surface area is 168 Å². The molecule has 0 N–H and O–H groups in total. The molecule has 2 aliphatic rings. The minimum absolute atomic E-state index is 0.0710. The first kappa shape index (κ1) is 20.9. The van der Waals surface area contributed by atoms with Crippen molar-refractivity contribution < 1.29 is 4.79 Å². The number of likely N-dealkylation sites (N-methyl/N-ethyl adjacent to an activating group) is 1. The van der Waals surface area contributed by atoms with Gasteiger partial charge in [0.15, 0.2) is 5.82 Å². The zero-order valence-corrected chi connectivity index (χ0v) is 18.3. The van der Waals surface area contributed by atoms with E-state index in [2.05, 4.69) is 44.0 Å². The van der Waals surface area contributed by atoms with E-state index in [0.29, 0.717) is 24.4 Å². The van der Waals surface area contributed by atoms with E-state index >= 15 is 0 Å². The Hall–Kier alpha value is -1.83. The molecule has 0 unspecified atom stereocenters. The summed E-state index contributed by atoms with van der Waals surface area (Å²) in [6.07, 6.45) is 6.02. The van der Waals surface area contributed by atoms with Gasteiger partial charge in [-0.2, -0.15) is 4.98 Å². The van der Waals surface area contributed by atoms with Gasteiger partial charge in [0.25, 0.3) is 0 Å². The molecule has 0 aromatic carbocycles. The summed E-state index contributed by atoms with van der Waals surface area (Å²) in [5, 5.41) is 12.0. The van der Waals surface area contributed by atoms with Crippen molar-refractivity contribution in [1.82, 2.24) is 30.2 Å². The molecule has 1 aliphatic carbocycles. The number of carbonyl (C=O) groups is 1. The van der Waals surface area contributed by atoms with Crippen LogP contribution in [0, 0.1) is 6.92 Å². The minimum Gasteiger partial charge on any atom is -0.337 e. The number of carbonyl (C=O) groups excluding carboxylic acids is 1. The monoisotopic (exact) mass is 389 g/mol.